The van der Waals surface area contributed by atoms with E-state index in [1.807, 2.05) is 37.3 Å². The molecule has 1 aromatic rings. The Labute approximate surface area is 129 Å². The number of allylic oxidation sites excluding steroid dienone is 3. The Kier molecular flexibility index (Phi) is 5.40. The first-order valence-corrected chi connectivity index (χ1v) is 7.10. The monoisotopic (exact) mass is 299 g/mol. The minimum atomic E-state index is 0.251. The van der Waals surface area contributed by atoms with Gasteiger partial charge in [-0.3, -0.25) is 5.43 Å². The van der Waals surface area contributed by atoms with Gasteiger partial charge in [-0.05, 0) is 49.2 Å². The van der Waals surface area contributed by atoms with Gasteiger partial charge in [0, 0.05) is 11.8 Å². The Bertz CT molecular complexity index is 645. The molecule has 2 N–H and O–H groups in total. The van der Waals surface area contributed by atoms with Gasteiger partial charge in [0.25, 0.3) is 0 Å². The van der Waals surface area contributed by atoms with Crippen LogP contribution in [-0.4, -0.2) is 22.6 Å². The maximum absolute atomic E-state index is 9.63. The highest BCUT2D eigenvalue weighted by atomic mass is 32.1. The molecule has 0 radical (unpaired) electrons. The predicted molar refractivity (Wildman–Crippen MR) is 91.0 cm³/mol. The molecule has 1 aliphatic carbocycles. The fraction of sp³-hybridized carbons (Fsp3) is 0.188. The summed E-state index contributed by atoms with van der Waals surface area (Å²) in [5, 5.41) is 13.9. The largest absolute Gasteiger partial charge is 0.508 e. The molecule has 0 bridgehead atoms. The normalized spacial score (nSPS) is 15.1. The third-order valence-corrected chi connectivity index (χ3v) is 3.23. The average molecular weight is 299 g/mol. The summed E-state index contributed by atoms with van der Waals surface area (Å²) in [5.41, 5.74) is 5.51. The number of nitrogens with one attached hydrogen (secondary N) is 1. The summed E-state index contributed by atoms with van der Waals surface area (Å²) >= 11 is 5.07. The van der Waals surface area contributed by atoms with Crippen molar-refractivity contribution in [3.05, 3.63) is 58.9 Å². The number of aryl methyl sites for hydroxylation is 1. The molecule has 4 nitrogen and oxygen atoms in total. The molecule has 0 fully saturated rings. The van der Waals surface area contributed by atoms with Gasteiger partial charge < -0.3 is 5.11 Å². The first-order chi connectivity index (χ1) is 10.2. The molecule has 0 amide bonds. The predicted octanol–water partition coefficient (Wildman–Crippen LogP) is 3.44. The van der Waals surface area contributed by atoms with Crippen molar-refractivity contribution < 1.29 is 5.11 Å². The van der Waals surface area contributed by atoms with Crippen LogP contribution in [0.2, 0.25) is 0 Å². The zero-order valence-electron chi connectivity index (χ0n) is 11.8. The molecule has 0 unspecified atom stereocenters. The van der Waals surface area contributed by atoms with E-state index < -0.39 is 0 Å². The van der Waals surface area contributed by atoms with Crippen LogP contribution in [0.3, 0.4) is 0 Å². The molecule has 0 atom stereocenters. The lowest BCUT2D eigenvalue weighted by Gasteiger charge is -2.06. The molecule has 1 aromatic carbocycles. The SMILES string of the molecule is Cc1ccccc1/C=N/C(=S)N/N=C/C1=CCCC=C1O. The first kappa shape index (κ1) is 15.1. The van der Waals surface area contributed by atoms with Crippen molar-refractivity contribution in [2.75, 3.05) is 0 Å². The van der Waals surface area contributed by atoms with Gasteiger partial charge in [-0.1, -0.05) is 30.3 Å². The van der Waals surface area contributed by atoms with Gasteiger partial charge in [-0.25, -0.2) is 4.99 Å². The molecule has 2 rings (SSSR count). The molecule has 0 aliphatic heterocycles. The highest BCUT2D eigenvalue weighted by molar-refractivity contribution is 7.80. The molecular weight excluding hydrogens is 282 g/mol. The number of hydrogen-bond acceptors (Lipinski definition) is 3. The standard InChI is InChI=1S/C16H17N3OS/c1-12-6-2-3-7-13(12)10-17-16(21)19-18-11-14-8-4-5-9-15(14)20/h2-3,6-11,20H,4-5H2,1H3,(H,19,21)/b17-10+,18-11+. The highest BCUT2D eigenvalue weighted by Crippen LogP contribution is 2.13. The van der Waals surface area contributed by atoms with Crippen molar-refractivity contribution in [3.8, 4) is 0 Å². The number of thiocarbonyl (C=S) groups is 1. The molecule has 0 saturated heterocycles. The van der Waals surface area contributed by atoms with E-state index in [4.69, 9.17) is 12.2 Å². The summed E-state index contributed by atoms with van der Waals surface area (Å²) < 4.78 is 0. The fourth-order valence-corrected chi connectivity index (χ4v) is 1.95. The summed E-state index contributed by atoms with van der Waals surface area (Å²) in [6.45, 7) is 2.01. The van der Waals surface area contributed by atoms with Crippen molar-refractivity contribution in [2.24, 2.45) is 10.1 Å². The van der Waals surface area contributed by atoms with E-state index in [-0.39, 0.29) is 10.9 Å². The number of aliphatic hydroxyl groups excluding tert-OH is 1. The van der Waals surface area contributed by atoms with Crippen LogP contribution in [-0.2, 0) is 0 Å². The minimum Gasteiger partial charge on any atom is -0.508 e. The Hall–Kier alpha value is -2.27. The smallest absolute Gasteiger partial charge is 0.213 e. The third kappa shape index (κ3) is 4.65. The van der Waals surface area contributed by atoms with E-state index in [0.29, 0.717) is 5.57 Å². The lowest BCUT2D eigenvalue weighted by Crippen LogP contribution is -2.13. The van der Waals surface area contributed by atoms with E-state index in [1.54, 1.807) is 18.5 Å². The van der Waals surface area contributed by atoms with Crippen LogP contribution in [0, 0.1) is 6.92 Å². The minimum absolute atomic E-state index is 0.251. The molecule has 0 aromatic heterocycles. The Morgan fingerprint density at radius 1 is 1.24 bits per heavy atom. The van der Waals surface area contributed by atoms with Crippen LogP contribution < -0.4 is 5.43 Å². The maximum Gasteiger partial charge on any atom is 0.213 e. The summed E-state index contributed by atoms with van der Waals surface area (Å²) in [7, 11) is 0. The average Bonchev–Trinajstić information content (AvgIpc) is 2.48. The fourth-order valence-electron chi connectivity index (χ4n) is 1.85. The number of nitrogens with zero attached hydrogens (tertiary/aromatic N) is 2. The Morgan fingerprint density at radius 2 is 2.00 bits per heavy atom. The van der Waals surface area contributed by atoms with Crippen molar-refractivity contribution in [1.82, 2.24) is 5.43 Å². The van der Waals surface area contributed by atoms with Crippen LogP contribution in [0.15, 0.2) is 57.8 Å². The molecular formula is C16H17N3OS. The van der Waals surface area contributed by atoms with Crippen molar-refractivity contribution in [3.63, 3.8) is 0 Å². The number of aliphatic hydroxyl groups is 1. The van der Waals surface area contributed by atoms with Gasteiger partial charge in [0.2, 0.25) is 5.11 Å². The van der Waals surface area contributed by atoms with Gasteiger partial charge >= 0.3 is 0 Å². The van der Waals surface area contributed by atoms with Gasteiger partial charge in [0.1, 0.15) is 5.76 Å². The van der Waals surface area contributed by atoms with Gasteiger partial charge in [0.15, 0.2) is 0 Å². The third-order valence-electron chi connectivity index (χ3n) is 3.04. The number of hydrogen-bond donors (Lipinski definition) is 2. The molecule has 21 heavy (non-hydrogen) atoms. The van der Waals surface area contributed by atoms with E-state index in [2.05, 4.69) is 15.5 Å². The number of aliphatic imine (C=N–C) groups is 1. The second-order valence-electron chi connectivity index (χ2n) is 4.62. The van der Waals surface area contributed by atoms with Crippen LogP contribution in [0.25, 0.3) is 0 Å². The van der Waals surface area contributed by atoms with Crippen LogP contribution in [0.4, 0.5) is 0 Å². The number of benzene rings is 1. The summed E-state index contributed by atoms with van der Waals surface area (Å²) in [6.07, 6.45) is 8.71. The first-order valence-electron chi connectivity index (χ1n) is 6.69. The van der Waals surface area contributed by atoms with Crippen molar-refractivity contribution >= 4 is 29.8 Å². The molecule has 1 aliphatic rings. The lowest BCUT2D eigenvalue weighted by molar-refractivity contribution is 0.422. The second kappa shape index (κ2) is 7.50. The molecule has 0 saturated carbocycles. The number of hydrazone groups is 1. The Balaban J connectivity index is 1.89. The molecule has 0 heterocycles. The summed E-state index contributed by atoms with van der Waals surface area (Å²) in [6, 6.07) is 7.92. The summed E-state index contributed by atoms with van der Waals surface area (Å²) in [4.78, 5) is 4.14. The molecule has 5 heteroatoms. The second-order valence-corrected chi connectivity index (χ2v) is 5.00. The lowest BCUT2D eigenvalue weighted by atomic mass is 10.1. The van der Waals surface area contributed by atoms with E-state index in [0.717, 1.165) is 24.0 Å². The van der Waals surface area contributed by atoms with Crippen molar-refractivity contribution in [2.45, 2.75) is 19.8 Å². The Morgan fingerprint density at radius 3 is 2.76 bits per heavy atom. The zero-order chi connectivity index (χ0) is 15.1. The summed E-state index contributed by atoms with van der Waals surface area (Å²) in [5.74, 6) is 0.251. The van der Waals surface area contributed by atoms with E-state index in [9.17, 15) is 5.11 Å². The van der Waals surface area contributed by atoms with Gasteiger partial charge in [0.05, 0.1) is 6.21 Å². The van der Waals surface area contributed by atoms with Gasteiger partial charge in [-0.15, -0.1) is 0 Å². The quantitative estimate of drug-likeness (QED) is 0.511. The van der Waals surface area contributed by atoms with E-state index in [1.165, 1.54) is 0 Å². The zero-order valence-corrected chi connectivity index (χ0v) is 12.6. The van der Waals surface area contributed by atoms with E-state index >= 15 is 0 Å². The topological polar surface area (TPSA) is 57.0 Å². The van der Waals surface area contributed by atoms with Crippen LogP contribution in [0.1, 0.15) is 24.0 Å². The van der Waals surface area contributed by atoms with Crippen LogP contribution >= 0.6 is 12.2 Å². The van der Waals surface area contributed by atoms with Gasteiger partial charge in [-0.2, -0.15) is 5.10 Å². The van der Waals surface area contributed by atoms with Crippen LogP contribution in [0.5, 0.6) is 0 Å². The maximum atomic E-state index is 9.63. The highest BCUT2D eigenvalue weighted by Gasteiger charge is 2.03. The molecule has 0 spiro atoms. The van der Waals surface area contributed by atoms with Crippen molar-refractivity contribution in [1.29, 1.82) is 0 Å². The number of rotatable bonds is 3. The molecule has 108 valence electrons.